The lowest BCUT2D eigenvalue weighted by Gasteiger charge is -2.26. The SMILES string of the molecule is c1ccc(-c2ccc(-c3ccc(N(c4ccc(-c5ccc(-c6ccccc6-n6c7ccccc7c7ccccc76)cc5)cc4)c4ccc(-c5ccc6ccccc6c5)cc4)cc3)cc2)cc1. The van der Waals surface area contributed by atoms with Crippen molar-refractivity contribution in [1.29, 1.82) is 0 Å². The van der Waals surface area contributed by atoms with E-state index in [0.717, 1.165) is 17.1 Å². The molecule has 0 spiro atoms. The first-order valence-electron chi connectivity index (χ1n) is 22.7. The highest BCUT2D eigenvalue weighted by atomic mass is 15.1. The van der Waals surface area contributed by atoms with E-state index in [4.69, 9.17) is 0 Å². The van der Waals surface area contributed by atoms with Crippen molar-refractivity contribution >= 4 is 49.6 Å². The van der Waals surface area contributed by atoms with Gasteiger partial charge in [0.1, 0.15) is 0 Å². The number of para-hydroxylation sites is 3. The number of hydrogen-bond acceptors (Lipinski definition) is 1. The lowest BCUT2D eigenvalue weighted by Crippen LogP contribution is -2.09. The van der Waals surface area contributed by atoms with Crippen LogP contribution < -0.4 is 4.90 Å². The number of anilines is 3. The van der Waals surface area contributed by atoms with Gasteiger partial charge in [0.2, 0.25) is 0 Å². The number of fused-ring (bicyclic) bond motifs is 4. The van der Waals surface area contributed by atoms with Crippen LogP contribution in [-0.2, 0) is 0 Å². The van der Waals surface area contributed by atoms with Crippen molar-refractivity contribution < 1.29 is 0 Å². The Labute approximate surface area is 385 Å². The van der Waals surface area contributed by atoms with Crippen LogP contribution in [0.3, 0.4) is 0 Å². The Morgan fingerprint density at radius 3 is 1.14 bits per heavy atom. The topological polar surface area (TPSA) is 8.17 Å². The Morgan fingerprint density at radius 1 is 0.242 bits per heavy atom. The van der Waals surface area contributed by atoms with Crippen molar-refractivity contribution in [2.24, 2.45) is 0 Å². The zero-order valence-corrected chi connectivity index (χ0v) is 36.3. The second kappa shape index (κ2) is 16.8. The number of benzene rings is 11. The van der Waals surface area contributed by atoms with Crippen LogP contribution in [0.4, 0.5) is 17.1 Å². The summed E-state index contributed by atoms with van der Waals surface area (Å²) in [5.74, 6) is 0. The maximum absolute atomic E-state index is 2.41. The summed E-state index contributed by atoms with van der Waals surface area (Å²) < 4.78 is 2.41. The molecule has 0 saturated carbocycles. The molecule has 0 aliphatic heterocycles. The average Bonchev–Trinajstić information content (AvgIpc) is 3.74. The van der Waals surface area contributed by atoms with Crippen LogP contribution in [0.2, 0.25) is 0 Å². The minimum absolute atomic E-state index is 1.09. The normalized spacial score (nSPS) is 11.3. The molecule has 2 nitrogen and oxygen atoms in total. The molecule has 0 atom stereocenters. The van der Waals surface area contributed by atoms with Gasteiger partial charge in [-0.1, -0.05) is 206 Å². The molecule has 0 saturated heterocycles. The van der Waals surface area contributed by atoms with E-state index in [0.29, 0.717) is 0 Å². The molecular weight excluding hydrogens is 797 g/mol. The monoisotopic (exact) mass is 840 g/mol. The van der Waals surface area contributed by atoms with Gasteiger partial charge in [0.05, 0.1) is 16.7 Å². The van der Waals surface area contributed by atoms with Crippen molar-refractivity contribution in [3.63, 3.8) is 0 Å². The Kier molecular flexibility index (Phi) is 9.89. The van der Waals surface area contributed by atoms with Gasteiger partial charge in [0.15, 0.2) is 0 Å². The first-order chi connectivity index (χ1) is 32.7. The zero-order chi connectivity index (χ0) is 43.8. The lowest BCUT2D eigenvalue weighted by molar-refractivity contribution is 1.18. The summed E-state index contributed by atoms with van der Waals surface area (Å²) >= 11 is 0. The van der Waals surface area contributed by atoms with E-state index in [1.54, 1.807) is 0 Å². The number of nitrogens with zero attached hydrogens (tertiary/aromatic N) is 2. The van der Waals surface area contributed by atoms with Crippen LogP contribution in [0.25, 0.3) is 93.9 Å². The molecule has 0 amide bonds. The highest BCUT2D eigenvalue weighted by Crippen LogP contribution is 2.40. The lowest BCUT2D eigenvalue weighted by atomic mass is 9.98. The van der Waals surface area contributed by atoms with Crippen LogP contribution in [0, 0.1) is 0 Å². The summed E-state index contributed by atoms with van der Waals surface area (Å²) in [5, 5.41) is 5.02. The number of hydrogen-bond donors (Lipinski definition) is 0. The Hall–Kier alpha value is -8.72. The molecule has 12 aromatic rings. The largest absolute Gasteiger partial charge is 0.311 e. The van der Waals surface area contributed by atoms with Crippen LogP contribution in [0.5, 0.6) is 0 Å². The van der Waals surface area contributed by atoms with E-state index in [1.807, 2.05) is 0 Å². The second-order valence-corrected chi connectivity index (χ2v) is 16.9. The van der Waals surface area contributed by atoms with Crippen LogP contribution in [0.15, 0.2) is 267 Å². The van der Waals surface area contributed by atoms with E-state index in [1.165, 1.54) is 93.9 Å². The molecule has 0 aliphatic rings. The molecule has 1 aromatic heterocycles. The summed E-state index contributed by atoms with van der Waals surface area (Å²) in [7, 11) is 0. The predicted octanol–water partition coefficient (Wildman–Crippen LogP) is 17.7. The van der Waals surface area contributed by atoms with Crippen molar-refractivity contribution in [2.45, 2.75) is 0 Å². The third-order valence-corrected chi connectivity index (χ3v) is 13.0. The summed E-state index contributed by atoms with van der Waals surface area (Å²) in [6.45, 7) is 0. The molecule has 0 unspecified atom stereocenters. The fraction of sp³-hybridized carbons (Fsp3) is 0. The minimum Gasteiger partial charge on any atom is -0.311 e. The average molecular weight is 841 g/mol. The smallest absolute Gasteiger partial charge is 0.0541 e. The molecule has 12 rings (SSSR count). The Bertz CT molecular complexity index is 3590. The van der Waals surface area contributed by atoms with Gasteiger partial charge in [-0.3, -0.25) is 0 Å². The Morgan fingerprint density at radius 2 is 0.606 bits per heavy atom. The van der Waals surface area contributed by atoms with Gasteiger partial charge in [0.25, 0.3) is 0 Å². The predicted molar refractivity (Wildman–Crippen MR) is 280 cm³/mol. The summed E-state index contributed by atoms with van der Waals surface area (Å²) in [5.41, 5.74) is 18.8. The van der Waals surface area contributed by atoms with Gasteiger partial charge in [-0.25, -0.2) is 0 Å². The quantitative estimate of drug-likeness (QED) is 0.141. The molecule has 0 fully saturated rings. The molecular formula is C64H44N2. The highest BCUT2D eigenvalue weighted by molar-refractivity contribution is 6.09. The van der Waals surface area contributed by atoms with E-state index in [2.05, 4.69) is 276 Å². The van der Waals surface area contributed by atoms with E-state index >= 15 is 0 Å². The molecule has 1 heterocycles. The molecule has 0 aliphatic carbocycles. The number of aromatic nitrogens is 1. The standard InChI is InChI=1S/C64H44N2/c1-2-12-45(13-3-1)47-22-24-48(25-23-47)50-32-38-56(39-33-50)65(58-42-36-52(37-43-58)55-31-28-46-14-4-5-15-54(46)44-55)57-40-34-51(35-41-57)49-26-29-53(30-27-49)59-16-6-9-19-62(59)66-63-20-10-7-17-60(63)61-18-8-11-21-64(61)66/h1-44H. The molecule has 0 N–H and O–H groups in total. The van der Waals surface area contributed by atoms with Crippen molar-refractivity contribution in [3.05, 3.63) is 267 Å². The molecule has 310 valence electrons. The van der Waals surface area contributed by atoms with Gasteiger partial charge in [-0.05, 0) is 122 Å². The third kappa shape index (κ3) is 7.21. The Balaban J connectivity index is 0.864. The van der Waals surface area contributed by atoms with Crippen molar-refractivity contribution in [1.82, 2.24) is 4.57 Å². The van der Waals surface area contributed by atoms with E-state index in [-0.39, 0.29) is 0 Å². The zero-order valence-electron chi connectivity index (χ0n) is 36.3. The van der Waals surface area contributed by atoms with Crippen molar-refractivity contribution in [2.75, 3.05) is 4.90 Å². The summed E-state index contributed by atoms with van der Waals surface area (Å²) in [6, 6.07) is 96.7. The molecule has 11 aromatic carbocycles. The maximum atomic E-state index is 2.41. The molecule has 2 heteroatoms. The van der Waals surface area contributed by atoms with Gasteiger partial charge < -0.3 is 9.47 Å². The minimum atomic E-state index is 1.09. The summed E-state index contributed by atoms with van der Waals surface area (Å²) in [6.07, 6.45) is 0. The number of rotatable bonds is 9. The second-order valence-electron chi connectivity index (χ2n) is 16.9. The highest BCUT2D eigenvalue weighted by Gasteiger charge is 2.17. The van der Waals surface area contributed by atoms with Gasteiger partial charge in [-0.2, -0.15) is 0 Å². The van der Waals surface area contributed by atoms with Gasteiger partial charge in [-0.15, -0.1) is 0 Å². The van der Waals surface area contributed by atoms with Crippen LogP contribution in [-0.4, -0.2) is 4.57 Å². The fourth-order valence-electron chi connectivity index (χ4n) is 9.65. The van der Waals surface area contributed by atoms with Crippen LogP contribution in [0.1, 0.15) is 0 Å². The first kappa shape index (κ1) is 38.9. The molecule has 66 heavy (non-hydrogen) atoms. The fourth-order valence-corrected chi connectivity index (χ4v) is 9.65. The van der Waals surface area contributed by atoms with Crippen molar-refractivity contribution in [3.8, 4) is 61.3 Å². The first-order valence-corrected chi connectivity index (χ1v) is 22.7. The maximum Gasteiger partial charge on any atom is 0.0541 e. The van der Waals surface area contributed by atoms with Crippen LogP contribution >= 0.6 is 0 Å². The third-order valence-electron chi connectivity index (χ3n) is 13.0. The molecule has 0 bridgehead atoms. The van der Waals surface area contributed by atoms with E-state index in [9.17, 15) is 0 Å². The summed E-state index contributed by atoms with van der Waals surface area (Å²) in [4.78, 5) is 2.35. The molecule has 0 radical (unpaired) electrons. The van der Waals surface area contributed by atoms with Gasteiger partial charge in [0, 0.05) is 33.4 Å². The van der Waals surface area contributed by atoms with Gasteiger partial charge >= 0.3 is 0 Å². The van der Waals surface area contributed by atoms with E-state index < -0.39 is 0 Å².